The third-order valence-electron chi connectivity index (χ3n) is 4.70. The molecule has 0 spiro atoms. The van der Waals surface area contributed by atoms with Gasteiger partial charge in [-0.3, -0.25) is 10.1 Å². The van der Waals surface area contributed by atoms with Gasteiger partial charge < -0.3 is 0 Å². The van der Waals surface area contributed by atoms with Crippen molar-refractivity contribution in [2.24, 2.45) is 0 Å². The summed E-state index contributed by atoms with van der Waals surface area (Å²) in [5, 5.41) is 10.8. The Kier molecular flexibility index (Phi) is 4.93. The predicted molar refractivity (Wildman–Crippen MR) is 99.5 cm³/mol. The fraction of sp³-hybridized carbons (Fsp3) is 0.263. The lowest BCUT2D eigenvalue weighted by Crippen LogP contribution is -2.39. The normalized spacial score (nSPS) is 18.7. The second-order valence-electron chi connectivity index (χ2n) is 6.50. The van der Waals surface area contributed by atoms with Crippen LogP contribution in [0.4, 0.5) is 5.69 Å². The van der Waals surface area contributed by atoms with Gasteiger partial charge in [-0.05, 0) is 31.0 Å². The predicted octanol–water partition coefficient (Wildman–Crippen LogP) is 3.64. The molecule has 1 aliphatic rings. The number of rotatable bonds is 4. The smallest absolute Gasteiger partial charge is 0.258 e. The van der Waals surface area contributed by atoms with Gasteiger partial charge in [-0.1, -0.05) is 42.0 Å². The Bertz CT molecular complexity index is 935. The van der Waals surface area contributed by atoms with Gasteiger partial charge in [0.2, 0.25) is 10.0 Å². The molecule has 0 N–H and O–H groups in total. The number of hydrogen-bond donors (Lipinski definition) is 0. The second kappa shape index (κ2) is 7.01. The lowest BCUT2D eigenvalue weighted by Gasteiger charge is -2.33. The van der Waals surface area contributed by atoms with Crippen LogP contribution in [0, 0.1) is 17.0 Å². The Morgan fingerprint density at radius 1 is 1.12 bits per heavy atom. The maximum Gasteiger partial charge on any atom is 0.269 e. The van der Waals surface area contributed by atoms with E-state index in [1.807, 2.05) is 6.92 Å². The highest BCUT2D eigenvalue weighted by Crippen LogP contribution is 2.34. The molecule has 2 aromatic carbocycles. The minimum absolute atomic E-state index is 0.000252. The molecule has 1 saturated heterocycles. The van der Waals surface area contributed by atoms with Crippen molar-refractivity contribution in [2.75, 3.05) is 13.1 Å². The van der Waals surface area contributed by atoms with Gasteiger partial charge in [-0.15, -0.1) is 0 Å². The molecule has 26 heavy (non-hydrogen) atoms. The van der Waals surface area contributed by atoms with Gasteiger partial charge >= 0.3 is 0 Å². The molecule has 0 radical (unpaired) electrons. The molecule has 136 valence electrons. The standard InChI is InChI=1S/C19H20N2O4S/c1-14-3-9-18(10-4-14)26(24,25)20-12-11-19(15(2)13-20)16-5-7-17(8-6-16)21(22)23/h3-10,19H,2,11-13H2,1H3/t19-/m0/s1. The number of nitrogens with zero attached hydrogens (tertiary/aromatic N) is 2. The summed E-state index contributed by atoms with van der Waals surface area (Å²) in [7, 11) is -3.55. The lowest BCUT2D eigenvalue weighted by atomic mass is 9.87. The minimum atomic E-state index is -3.55. The van der Waals surface area contributed by atoms with Crippen LogP contribution in [-0.2, 0) is 10.0 Å². The van der Waals surface area contributed by atoms with Crippen LogP contribution in [0.15, 0.2) is 65.6 Å². The summed E-state index contributed by atoms with van der Waals surface area (Å²) >= 11 is 0. The van der Waals surface area contributed by atoms with E-state index in [-0.39, 0.29) is 23.0 Å². The molecule has 1 heterocycles. The Morgan fingerprint density at radius 2 is 1.73 bits per heavy atom. The van der Waals surface area contributed by atoms with E-state index in [9.17, 15) is 18.5 Å². The number of hydrogen-bond acceptors (Lipinski definition) is 4. The van der Waals surface area contributed by atoms with Crippen LogP contribution in [0.1, 0.15) is 23.5 Å². The highest BCUT2D eigenvalue weighted by Gasteiger charge is 2.32. The van der Waals surface area contributed by atoms with E-state index in [2.05, 4.69) is 6.58 Å². The third-order valence-corrected chi connectivity index (χ3v) is 6.56. The van der Waals surface area contributed by atoms with E-state index in [0.717, 1.165) is 16.7 Å². The van der Waals surface area contributed by atoms with Gasteiger partial charge in [0.25, 0.3) is 5.69 Å². The molecule has 6 nitrogen and oxygen atoms in total. The molecule has 1 atom stereocenters. The number of nitro groups is 1. The number of sulfonamides is 1. The zero-order valence-electron chi connectivity index (χ0n) is 14.5. The van der Waals surface area contributed by atoms with Crippen molar-refractivity contribution in [1.29, 1.82) is 0 Å². The first kappa shape index (κ1) is 18.3. The van der Waals surface area contributed by atoms with Crippen LogP contribution in [0.5, 0.6) is 0 Å². The zero-order valence-corrected chi connectivity index (χ0v) is 15.3. The summed E-state index contributed by atoms with van der Waals surface area (Å²) < 4.78 is 27.1. The van der Waals surface area contributed by atoms with E-state index in [1.165, 1.54) is 16.4 Å². The fourth-order valence-corrected chi connectivity index (χ4v) is 4.65. The van der Waals surface area contributed by atoms with Crippen LogP contribution >= 0.6 is 0 Å². The van der Waals surface area contributed by atoms with Crippen LogP contribution in [0.25, 0.3) is 0 Å². The summed E-state index contributed by atoms with van der Waals surface area (Å²) in [6, 6.07) is 13.2. The first-order valence-corrected chi connectivity index (χ1v) is 9.72. The van der Waals surface area contributed by atoms with Crippen LogP contribution < -0.4 is 0 Å². The summed E-state index contributed by atoms with van der Waals surface area (Å²) in [4.78, 5) is 10.6. The summed E-state index contributed by atoms with van der Waals surface area (Å²) in [5.41, 5.74) is 2.76. The highest BCUT2D eigenvalue weighted by molar-refractivity contribution is 7.89. The quantitative estimate of drug-likeness (QED) is 0.466. The summed E-state index contributed by atoms with van der Waals surface area (Å²) in [6.07, 6.45) is 0.599. The van der Waals surface area contributed by atoms with Crippen LogP contribution in [-0.4, -0.2) is 30.7 Å². The molecule has 3 rings (SSSR count). The molecule has 0 unspecified atom stereocenters. The van der Waals surface area contributed by atoms with E-state index in [4.69, 9.17) is 0 Å². The second-order valence-corrected chi connectivity index (χ2v) is 8.44. The molecular weight excluding hydrogens is 352 g/mol. The highest BCUT2D eigenvalue weighted by atomic mass is 32.2. The van der Waals surface area contributed by atoms with Crippen molar-refractivity contribution in [2.45, 2.75) is 24.2 Å². The van der Waals surface area contributed by atoms with Crippen molar-refractivity contribution in [3.05, 3.63) is 81.9 Å². The SMILES string of the molecule is C=C1CN(S(=O)(=O)c2ccc(C)cc2)CC[C@@H]1c1ccc([N+](=O)[O-])cc1. The number of nitro benzene ring substituents is 1. The molecule has 1 fully saturated rings. The van der Waals surface area contributed by atoms with Crippen molar-refractivity contribution in [3.63, 3.8) is 0 Å². The number of aryl methyl sites for hydroxylation is 1. The first-order chi connectivity index (χ1) is 12.3. The summed E-state index contributed by atoms with van der Waals surface area (Å²) in [6.45, 7) is 6.61. The molecule has 0 amide bonds. The van der Waals surface area contributed by atoms with Gasteiger partial charge in [0, 0.05) is 31.1 Å². The first-order valence-electron chi connectivity index (χ1n) is 8.28. The monoisotopic (exact) mass is 372 g/mol. The molecule has 0 aromatic heterocycles. The van der Waals surface area contributed by atoms with Crippen molar-refractivity contribution < 1.29 is 13.3 Å². The Morgan fingerprint density at radius 3 is 2.27 bits per heavy atom. The van der Waals surface area contributed by atoms with E-state index < -0.39 is 14.9 Å². The average Bonchev–Trinajstić information content (AvgIpc) is 2.62. The van der Waals surface area contributed by atoms with Crippen LogP contribution in [0.2, 0.25) is 0 Å². The molecule has 7 heteroatoms. The van der Waals surface area contributed by atoms with E-state index in [1.54, 1.807) is 36.4 Å². The van der Waals surface area contributed by atoms with E-state index in [0.29, 0.717) is 13.0 Å². The number of non-ortho nitro benzene ring substituents is 1. The van der Waals surface area contributed by atoms with Crippen molar-refractivity contribution in [3.8, 4) is 0 Å². The van der Waals surface area contributed by atoms with Crippen molar-refractivity contribution in [1.82, 2.24) is 4.31 Å². The largest absolute Gasteiger partial charge is 0.269 e. The molecule has 0 aliphatic carbocycles. The average molecular weight is 372 g/mol. The molecule has 0 saturated carbocycles. The van der Waals surface area contributed by atoms with Crippen molar-refractivity contribution >= 4 is 15.7 Å². The number of piperidine rings is 1. The van der Waals surface area contributed by atoms with Gasteiger partial charge in [0.1, 0.15) is 0 Å². The maximum atomic E-state index is 12.8. The summed E-state index contributed by atoms with van der Waals surface area (Å²) in [5.74, 6) is 0.000252. The van der Waals surface area contributed by atoms with Gasteiger partial charge in [0.15, 0.2) is 0 Å². The molecule has 1 aliphatic heterocycles. The molecule has 2 aromatic rings. The number of benzene rings is 2. The van der Waals surface area contributed by atoms with Gasteiger partial charge in [-0.25, -0.2) is 8.42 Å². The maximum absolute atomic E-state index is 12.8. The zero-order chi connectivity index (χ0) is 18.9. The van der Waals surface area contributed by atoms with E-state index >= 15 is 0 Å². The molecule has 0 bridgehead atoms. The van der Waals surface area contributed by atoms with Gasteiger partial charge in [-0.2, -0.15) is 4.31 Å². The minimum Gasteiger partial charge on any atom is -0.258 e. The Balaban J connectivity index is 1.76. The van der Waals surface area contributed by atoms with Gasteiger partial charge in [0.05, 0.1) is 9.82 Å². The Hall–Kier alpha value is -2.51. The molecular formula is C19H20N2O4S. The Labute approximate surface area is 153 Å². The topological polar surface area (TPSA) is 80.5 Å². The fourth-order valence-electron chi connectivity index (χ4n) is 3.19. The lowest BCUT2D eigenvalue weighted by molar-refractivity contribution is -0.384. The third kappa shape index (κ3) is 3.54. The van der Waals surface area contributed by atoms with Crippen LogP contribution in [0.3, 0.4) is 0 Å².